The van der Waals surface area contributed by atoms with Gasteiger partial charge >= 0.3 is 5.97 Å². The lowest BCUT2D eigenvalue weighted by Crippen LogP contribution is -2.30. The molecule has 0 bridgehead atoms. The van der Waals surface area contributed by atoms with Crippen LogP contribution in [0.2, 0.25) is 0 Å². The highest BCUT2D eigenvalue weighted by Crippen LogP contribution is 2.23. The zero-order valence-electron chi connectivity index (χ0n) is 9.00. The Kier molecular flexibility index (Phi) is 3.65. The van der Waals surface area contributed by atoms with E-state index in [9.17, 15) is 4.79 Å². The van der Waals surface area contributed by atoms with Crippen molar-refractivity contribution in [1.29, 1.82) is 0 Å². The molecular weight excluding hydrogens is 240 g/mol. The Morgan fingerprint density at radius 1 is 1.53 bits per heavy atom. The summed E-state index contributed by atoms with van der Waals surface area (Å²) < 4.78 is 5.47. The van der Waals surface area contributed by atoms with Crippen LogP contribution in [0.5, 0.6) is 0 Å². The molecule has 0 aliphatic rings. The summed E-state index contributed by atoms with van der Waals surface area (Å²) in [5.41, 5.74) is 6.93. The van der Waals surface area contributed by atoms with Crippen LogP contribution in [0.15, 0.2) is 33.9 Å². The quantitative estimate of drug-likeness (QED) is 0.787. The fourth-order valence-corrected chi connectivity index (χ4v) is 2.17. The van der Waals surface area contributed by atoms with E-state index in [0.717, 1.165) is 11.1 Å². The van der Waals surface area contributed by atoms with Crippen molar-refractivity contribution in [2.45, 2.75) is 17.7 Å². The van der Waals surface area contributed by atoms with Crippen molar-refractivity contribution in [1.82, 2.24) is 4.98 Å². The first-order valence-corrected chi connectivity index (χ1v) is 6.12. The first-order valence-electron chi connectivity index (χ1n) is 5.13. The zero-order valence-corrected chi connectivity index (χ0v) is 9.81. The summed E-state index contributed by atoms with van der Waals surface area (Å²) in [4.78, 5) is 14.8. The van der Waals surface area contributed by atoms with Crippen LogP contribution in [0.25, 0.3) is 11.1 Å². The summed E-state index contributed by atoms with van der Waals surface area (Å²) in [6, 6.07) is 6.65. The molecule has 0 aliphatic heterocycles. The van der Waals surface area contributed by atoms with Crippen molar-refractivity contribution in [3.05, 3.63) is 24.3 Å². The Hall–Kier alpha value is -1.53. The molecule has 3 N–H and O–H groups in total. The maximum atomic E-state index is 10.5. The number of carboxylic acids is 1. The van der Waals surface area contributed by atoms with Gasteiger partial charge < -0.3 is 15.3 Å². The second kappa shape index (κ2) is 5.20. The normalized spacial score (nSPS) is 12.8. The number of nitrogens with two attached hydrogens (primary N) is 1. The average Bonchev–Trinajstić information content (AvgIpc) is 2.71. The molecule has 0 amide bonds. The van der Waals surface area contributed by atoms with Crippen LogP contribution in [0.1, 0.15) is 6.42 Å². The van der Waals surface area contributed by atoms with E-state index >= 15 is 0 Å². The molecule has 0 saturated heterocycles. The van der Waals surface area contributed by atoms with Crippen molar-refractivity contribution in [2.24, 2.45) is 5.73 Å². The monoisotopic (exact) mass is 252 g/mol. The smallest absolute Gasteiger partial charge is 0.320 e. The van der Waals surface area contributed by atoms with Crippen LogP contribution in [-0.4, -0.2) is 27.9 Å². The Balaban J connectivity index is 1.93. The molecule has 0 aliphatic carbocycles. The fraction of sp³-hybridized carbons (Fsp3) is 0.273. The largest absolute Gasteiger partial charge is 0.480 e. The van der Waals surface area contributed by atoms with Crippen LogP contribution in [0.4, 0.5) is 0 Å². The maximum absolute atomic E-state index is 10.5. The second-order valence-electron chi connectivity index (χ2n) is 3.53. The molecule has 17 heavy (non-hydrogen) atoms. The molecule has 0 spiro atoms. The Labute approximate surface area is 102 Å². The third-order valence-electron chi connectivity index (χ3n) is 2.25. The predicted octanol–water partition coefficient (Wildman–Crippen LogP) is 1.72. The van der Waals surface area contributed by atoms with Crippen molar-refractivity contribution in [3.8, 4) is 0 Å². The van der Waals surface area contributed by atoms with Crippen molar-refractivity contribution >= 4 is 28.8 Å². The number of carbonyl (C=O) groups is 1. The summed E-state index contributed by atoms with van der Waals surface area (Å²) >= 11 is 1.37. The molecule has 1 unspecified atom stereocenters. The molecule has 5 nitrogen and oxygen atoms in total. The predicted molar refractivity (Wildman–Crippen MR) is 65.0 cm³/mol. The Morgan fingerprint density at radius 2 is 2.29 bits per heavy atom. The Bertz CT molecular complexity index is 493. The van der Waals surface area contributed by atoms with Gasteiger partial charge in [0.2, 0.25) is 0 Å². The van der Waals surface area contributed by atoms with E-state index < -0.39 is 12.0 Å². The second-order valence-corrected chi connectivity index (χ2v) is 4.58. The van der Waals surface area contributed by atoms with Crippen LogP contribution >= 0.6 is 11.8 Å². The number of aliphatic carboxylic acids is 1. The third-order valence-corrected chi connectivity index (χ3v) is 3.11. The van der Waals surface area contributed by atoms with Gasteiger partial charge in [-0.1, -0.05) is 23.9 Å². The molecule has 2 rings (SSSR count). The molecule has 0 saturated carbocycles. The lowest BCUT2D eigenvalue weighted by molar-refractivity contribution is -0.138. The first kappa shape index (κ1) is 11.9. The van der Waals surface area contributed by atoms with Gasteiger partial charge in [0.15, 0.2) is 5.58 Å². The fourth-order valence-electron chi connectivity index (χ4n) is 1.31. The van der Waals surface area contributed by atoms with E-state index in [2.05, 4.69) is 4.98 Å². The lowest BCUT2D eigenvalue weighted by atomic mass is 10.2. The van der Waals surface area contributed by atoms with Gasteiger partial charge in [-0.2, -0.15) is 0 Å². The van der Waals surface area contributed by atoms with Crippen LogP contribution in [0, 0.1) is 0 Å². The van der Waals surface area contributed by atoms with E-state index in [0.29, 0.717) is 17.4 Å². The number of para-hydroxylation sites is 2. The summed E-state index contributed by atoms with van der Waals surface area (Å²) in [7, 11) is 0. The Morgan fingerprint density at radius 3 is 3.00 bits per heavy atom. The first-order chi connectivity index (χ1) is 8.16. The van der Waals surface area contributed by atoms with Gasteiger partial charge in [-0.3, -0.25) is 4.79 Å². The molecule has 1 heterocycles. The molecule has 2 aromatic rings. The number of hydrogen-bond donors (Lipinski definition) is 2. The zero-order chi connectivity index (χ0) is 12.3. The molecule has 1 aromatic heterocycles. The van der Waals surface area contributed by atoms with Gasteiger partial charge in [0.25, 0.3) is 5.22 Å². The lowest BCUT2D eigenvalue weighted by Gasteiger charge is -2.03. The van der Waals surface area contributed by atoms with E-state index in [1.807, 2.05) is 24.3 Å². The topological polar surface area (TPSA) is 89.4 Å². The summed E-state index contributed by atoms with van der Waals surface area (Å²) in [6.07, 6.45) is 0.388. The molecule has 0 radical (unpaired) electrons. The molecule has 1 atom stereocenters. The van der Waals surface area contributed by atoms with E-state index in [1.165, 1.54) is 11.8 Å². The number of fused-ring (bicyclic) bond motifs is 1. The number of nitrogens with zero attached hydrogens (tertiary/aromatic N) is 1. The number of aromatic nitrogens is 1. The number of rotatable bonds is 5. The highest BCUT2D eigenvalue weighted by atomic mass is 32.2. The highest BCUT2D eigenvalue weighted by molar-refractivity contribution is 7.99. The molecule has 1 aromatic carbocycles. The van der Waals surface area contributed by atoms with Crippen LogP contribution < -0.4 is 5.73 Å². The summed E-state index contributed by atoms with van der Waals surface area (Å²) in [5.74, 6) is -0.413. The molecule has 6 heteroatoms. The van der Waals surface area contributed by atoms with Crippen LogP contribution in [-0.2, 0) is 4.79 Å². The van der Waals surface area contributed by atoms with E-state index in [-0.39, 0.29) is 0 Å². The van der Waals surface area contributed by atoms with Gasteiger partial charge in [-0.15, -0.1) is 0 Å². The minimum atomic E-state index is -0.983. The van der Waals surface area contributed by atoms with Crippen molar-refractivity contribution < 1.29 is 14.3 Å². The highest BCUT2D eigenvalue weighted by Gasteiger charge is 2.12. The van der Waals surface area contributed by atoms with Gasteiger partial charge in [-0.25, -0.2) is 4.98 Å². The van der Waals surface area contributed by atoms with Crippen molar-refractivity contribution in [3.63, 3.8) is 0 Å². The molecular formula is C11H12N2O3S. The molecule has 90 valence electrons. The summed E-state index contributed by atoms with van der Waals surface area (Å²) in [6.45, 7) is 0. The van der Waals surface area contributed by atoms with Crippen molar-refractivity contribution in [2.75, 3.05) is 5.75 Å². The van der Waals surface area contributed by atoms with Gasteiger partial charge in [0.1, 0.15) is 11.6 Å². The summed E-state index contributed by atoms with van der Waals surface area (Å²) in [5, 5.41) is 9.17. The minimum Gasteiger partial charge on any atom is -0.480 e. The van der Waals surface area contributed by atoms with Gasteiger partial charge in [0, 0.05) is 5.75 Å². The number of thioether (sulfide) groups is 1. The third kappa shape index (κ3) is 2.98. The minimum absolute atomic E-state index is 0.388. The van der Waals surface area contributed by atoms with Crippen LogP contribution in [0.3, 0.4) is 0 Å². The van der Waals surface area contributed by atoms with Gasteiger partial charge in [-0.05, 0) is 18.6 Å². The maximum Gasteiger partial charge on any atom is 0.320 e. The molecule has 0 fully saturated rings. The SMILES string of the molecule is NC(CCSc1nc2ccccc2o1)C(=O)O. The van der Waals surface area contributed by atoms with E-state index in [4.69, 9.17) is 15.3 Å². The number of oxazole rings is 1. The van der Waals surface area contributed by atoms with E-state index in [1.54, 1.807) is 0 Å². The number of hydrogen-bond acceptors (Lipinski definition) is 5. The average molecular weight is 252 g/mol. The number of carboxylic acid groups (broad SMARTS) is 1. The standard InChI is InChI=1S/C11H12N2O3S/c12-7(10(14)15)5-6-17-11-13-8-3-1-2-4-9(8)16-11/h1-4,7H,5-6,12H2,(H,14,15). The van der Waals surface area contributed by atoms with Gasteiger partial charge in [0.05, 0.1) is 0 Å². The number of benzene rings is 1.